The van der Waals surface area contributed by atoms with Crippen LogP contribution in [0, 0.1) is 19.8 Å². The molecule has 4 rings (SSSR count). The molecule has 1 aliphatic rings. The Hall–Kier alpha value is -3.41. The number of rotatable bonds is 4. The zero-order valence-electron chi connectivity index (χ0n) is 17.2. The number of aromatic amines is 1. The monoisotopic (exact) mass is 403 g/mol. The van der Waals surface area contributed by atoms with Crippen LogP contribution < -0.4 is 5.69 Å². The Morgan fingerprint density at radius 3 is 2.07 bits per heavy atom. The number of likely N-dealkylation sites (tertiary alicyclic amines) is 1. The molecule has 6 heteroatoms. The van der Waals surface area contributed by atoms with Gasteiger partial charge in [0.05, 0.1) is 5.69 Å². The summed E-state index contributed by atoms with van der Waals surface area (Å²) in [4.78, 5) is 42.0. The minimum Gasteiger partial charge on any atom is -0.339 e. The van der Waals surface area contributed by atoms with Gasteiger partial charge in [-0.15, -0.1) is 0 Å². The Bertz CT molecular complexity index is 1120. The van der Waals surface area contributed by atoms with Gasteiger partial charge in [0.1, 0.15) is 0 Å². The van der Waals surface area contributed by atoms with Crippen LogP contribution in [0.2, 0.25) is 0 Å². The minimum atomic E-state index is -0.202. The number of imidazole rings is 1. The first kappa shape index (κ1) is 19.9. The summed E-state index contributed by atoms with van der Waals surface area (Å²) in [5.41, 5.74) is 3.79. The molecule has 0 radical (unpaired) electrons. The fourth-order valence-corrected chi connectivity index (χ4v) is 4.01. The molecule has 1 fully saturated rings. The van der Waals surface area contributed by atoms with Crippen molar-refractivity contribution in [3.8, 4) is 5.69 Å². The van der Waals surface area contributed by atoms with Crippen LogP contribution in [0.5, 0.6) is 0 Å². The van der Waals surface area contributed by atoms with Gasteiger partial charge in [0.15, 0.2) is 5.78 Å². The lowest BCUT2D eigenvalue weighted by molar-refractivity contribution is 0.0650. The van der Waals surface area contributed by atoms with Crippen LogP contribution in [0.25, 0.3) is 5.69 Å². The van der Waals surface area contributed by atoms with Gasteiger partial charge in [-0.05, 0) is 51.0 Å². The van der Waals surface area contributed by atoms with Gasteiger partial charge in [0, 0.05) is 42.0 Å². The third-order valence-electron chi connectivity index (χ3n) is 5.82. The average molecular weight is 403 g/mol. The van der Waals surface area contributed by atoms with Crippen molar-refractivity contribution in [2.75, 3.05) is 13.1 Å². The Kier molecular flexibility index (Phi) is 5.40. The maximum atomic E-state index is 12.9. The molecule has 1 N–H and O–H groups in total. The van der Waals surface area contributed by atoms with Crippen molar-refractivity contribution in [3.63, 3.8) is 0 Å². The molecule has 0 bridgehead atoms. The van der Waals surface area contributed by atoms with E-state index in [9.17, 15) is 14.4 Å². The van der Waals surface area contributed by atoms with Crippen LogP contribution in [0.15, 0.2) is 59.5 Å². The van der Waals surface area contributed by atoms with Crippen LogP contribution in [0.1, 0.15) is 44.8 Å². The summed E-state index contributed by atoms with van der Waals surface area (Å²) < 4.78 is 1.57. The molecule has 1 saturated heterocycles. The molecule has 0 saturated carbocycles. The highest BCUT2D eigenvalue weighted by atomic mass is 16.2. The number of hydrogen-bond acceptors (Lipinski definition) is 3. The van der Waals surface area contributed by atoms with E-state index in [1.165, 1.54) is 0 Å². The van der Waals surface area contributed by atoms with E-state index in [1.807, 2.05) is 43.0 Å². The number of aromatic nitrogens is 2. The predicted molar refractivity (Wildman–Crippen MR) is 115 cm³/mol. The Morgan fingerprint density at radius 2 is 1.50 bits per heavy atom. The second-order valence-electron chi connectivity index (χ2n) is 7.91. The smallest absolute Gasteiger partial charge is 0.330 e. The quantitative estimate of drug-likeness (QED) is 0.678. The van der Waals surface area contributed by atoms with E-state index in [4.69, 9.17) is 0 Å². The summed E-state index contributed by atoms with van der Waals surface area (Å²) in [5.74, 6) is 0.0854. The fraction of sp³-hybridized carbons (Fsp3) is 0.292. The molecule has 154 valence electrons. The minimum absolute atomic E-state index is 0.0393. The van der Waals surface area contributed by atoms with E-state index in [1.54, 1.807) is 35.0 Å². The maximum Gasteiger partial charge on any atom is 0.330 e. The lowest BCUT2D eigenvalue weighted by atomic mass is 9.88. The second-order valence-corrected chi connectivity index (χ2v) is 7.91. The van der Waals surface area contributed by atoms with Crippen molar-refractivity contribution in [2.24, 2.45) is 5.92 Å². The van der Waals surface area contributed by atoms with E-state index in [0.717, 1.165) is 22.5 Å². The highest BCUT2D eigenvalue weighted by Gasteiger charge is 2.28. The number of amides is 1. The summed E-state index contributed by atoms with van der Waals surface area (Å²) in [6.07, 6.45) is 3.01. The molecule has 0 unspecified atom stereocenters. The fourth-order valence-electron chi connectivity index (χ4n) is 4.01. The maximum absolute atomic E-state index is 12.9. The van der Waals surface area contributed by atoms with Crippen LogP contribution >= 0.6 is 0 Å². The van der Waals surface area contributed by atoms with Gasteiger partial charge in [0.25, 0.3) is 5.91 Å². The van der Waals surface area contributed by atoms with Crippen LogP contribution in [-0.2, 0) is 0 Å². The van der Waals surface area contributed by atoms with Gasteiger partial charge in [-0.3, -0.25) is 14.2 Å². The van der Waals surface area contributed by atoms with Gasteiger partial charge in [-0.1, -0.05) is 29.8 Å². The summed E-state index contributed by atoms with van der Waals surface area (Å²) >= 11 is 0. The number of nitrogens with one attached hydrogen (secondary N) is 1. The Morgan fingerprint density at radius 1 is 0.900 bits per heavy atom. The van der Waals surface area contributed by atoms with Gasteiger partial charge in [-0.25, -0.2) is 4.79 Å². The first-order valence-corrected chi connectivity index (χ1v) is 10.2. The topological polar surface area (TPSA) is 75.2 Å². The Balaban J connectivity index is 1.40. The molecule has 2 heterocycles. The van der Waals surface area contributed by atoms with E-state index >= 15 is 0 Å². The van der Waals surface area contributed by atoms with Gasteiger partial charge in [0.2, 0.25) is 0 Å². The van der Waals surface area contributed by atoms with Crippen molar-refractivity contribution >= 4 is 11.7 Å². The predicted octanol–water partition coefficient (Wildman–Crippen LogP) is 3.52. The average Bonchev–Trinajstić information content (AvgIpc) is 3.11. The number of Topliss-reactive ketones (excluding diaryl/α,β-unsaturated/α-hetero) is 1. The number of piperidine rings is 1. The Labute approximate surface area is 175 Å². The molecule has 1 aliphatic heterocycles. The number of hydrogen-bond donors (Lipinski definition) is 1. The third kappa shape index (κ3) is 3.85. The van der Waals surface area contributed by atoms with Gasteiger partial charge in [-0.2, -0.15) is 0 Å². The molecule has 0 spiro atoms. The van der Waals surface area contributed by atoms with Crippen LogP contribution in [0.4, 0.5) is 0 Å². The molecule has 1 amide bonds. The number of nitrogens with zero attached hydrogens (tertiary/aromatic N) is 2. The standard InChI is InChI=1S/C24H25N3O3/c1-16-3-5-18(6-4-16)22(28)19-11-13-26(14-12-19)23(29)20-7-9-21(10-8-20)27-17(2)15-25-24(27)30/h3-10,15,19H,11-14H2,1-2H3,(H,25,30). The van der Waals surface area contributed by atoms with Crippen molar-refractivity contribution < 1.29 is 9.59 Å². The number of benzene rings is 2. The van der Waals surface area contributed by atoms with E-state index < -0.39 is 0 Å². The van der Waals surface area contributed by atoms with Crippen molar-refractivity contribution in [2.45, 2.75) is 26.7 Å². The lowest BCUT2D eigenvalue weighted by Gasteiger charge is -2.31. The van der Waals surface area contributed by atoms with Crippen molar-refractivity contribution in [1.29, 1.82) is 0 Å². The first-order chi connectivity index (χ1) is 14.4. The molecule has 0 atom stereocenters. The van der Waals surface area contributed by atoms with Crippen LogP contribution in [-0.4, -0.2) is 39.2 Å². The molecule has 30 heavy (non-hydrogen) atoms. The van der Waals surface area contributed by atoms with Crippen molar-refractivity contribution in [1.82, 2.24) is 14.5 Å². The lowest BCUT2D eigenvalue weighted by Crippen LogP contribution is -2.40. The highest BCUT2D eigenvalue weighted by Crippen LogP contribution is 2.23. The first-order valence-electron chi connectivity index (χ1n) is 10.2. The SMILES string of the molecule is Cc1ccc(C(=O)C2CCN(C(=O)c3ccc(-n4c(C)c[nH]c4=O)cc3)CC2)cc1. The largest absolute Gasteiger partial charge is 0.339 e. The van der Waals surface area contributed by atoms with Gasteiger partial charge >= 0.3 is 5.69 Å². The molecular weight excluding hydrogens is 378 g/mol. The normalized spacial score (nSPS) is 14.7. The summed E-state index contributed by atoms with van der Waals surface area (Å²) in [7, 11) is 0. The summed E-state index contributed by atoms with van der Waals surface area (Å²) in [6.45, 7) is 4.99. The van der Waals surface area contributed by atoms with Gasteiger partial charge < -0.3 is 9.88 Å². The molecule has 3 aromatic rings. The highest BCUT2D eigenvalue weighted by molar-refractivity contribution is 5.98. The summed E-state index contributed by atoms with van der Waals surface area (Å²) in [6, 6.07) is 14.7. The van der Waals surface area contributed by atoms with Crippen LogP contribution in [0.3, 0.4) is 0 Å². The van der Waals surface area contributed by atoms with Crippen molar-refractivity contribution in [3.05, 3.63) is 87.6 Å². The zero-order chi connectivity index (χ0) is 21.3. The third-order valence-corrected chi connectivity index (χ3v) is 5.82. The van der Waals surface area contributed by atoms with E-state index in [2.05, 4.69) is 4.98 Å². The number of H-pyrrole nitrogens is 1. The summed E-state index contributed by atoms with van der Waals surface area (Å²) in [5, 5.41) is 0. The number of carbonyl (C=O) groups is 2. The second kappa shape index (κ2) is 8.14. The number of ketones is 1. The number of aryl methyl sites for hydroxylation is 2. The molecule has 2 aromatic carbocycles. The molecule has 6 nitrogen and oxygen atoms in total. The zero-order valence-corrected chi connectivity index (χ0v) is 17.2. The molecular formula is C24H25N3O3. The molecule has 0 aliphatic carbocycles. The van der Waals surface area contributed by atoms with E-state index in [0.29, 0.717) is 31.5 Å². The van der Waals surface area contributed by atoms with E-state index in [-0.39, 0.29) is 23.3 Å². The molecule has 1 aromatic heterocycles. The number of carbonyl (C=O) groups excluding carboxylic acids is 2.